The van der Waals surface area contributed by atoms with Gasteiger partial charge in [0.25, 0.3) is 0 Å². The van der Waals surface area contributed by atoms with Crippen molar-refractivity contribution in [3.05, 3.63) is 12.2 Å². The summed E-state index contributed by atoms with van der Waals surface area (Å²) >= 11 is 0. The lowest BCUT2D eigenvalue weighted by molar-refractivity contribution is -0.130. The summed E-state index contributed by atoms with van der Waals surface area (Å²) < 4.78 is 0. The molecule has 13 heavy (non-hydrogen) atoms. The van der Waals surface area contributed by atoms with Crippen molar-refractivity contribution in [3.63, 3.8) is 0 Å². The Morgan fingerprint density at radius 1 is 1.62 bits per heavy atom. The molecule has 3 nitrogen and oxygen atoms in total. The lowest BCUT2D eigenvalue weighted by Gasteiger charge is -2.32. The van der Waals surface area contributed by atoms with E-state index in [1.54, 1.807) is 6.92 Å². The van der Waals surface area contributed by atoms with Gasteiger partial charge in [-0.1, -0.05) is 12.2 Å². The molecule has 1 aliphatic rings. The van der Waals surface area contributed by atoms with Gasteiger partial charge in [-0.15, -0.1) is 0 Å². The van der Waals surface area contributed by atoms with Gasteiger partial charge in [-0.2, -0.15) is 0 Å². The molecule has 1 atom stereocenters. The third kappa shape index (κ3) is 2.84. The minimum absolute atomic E-state index is 0.173. The van der Waals surface area contributed by atoms with Crippen LogP contribution in [0.1, 0.15) is 26.2 Å². The van der Waals surface area contributed by atoms with E-state index in [4.69, 9.17) is 5.73 Å². The van der Waals surface area contributed by atoms with Crippen molar-refractivity contribution in [2.75, 3.05) is 13.1 Å². The summed E-state index contributed by atoms with van der Waals surface area (Å²) in [5.41, 5.74) is 5.45. The fourth-order valence-corrected chi connectivity index (χ4v) is 1.73. The fourth-order valence-electron chi connectivity index (χ4n) is 1.73. The van der Waals surface area contributed by atoms with Gasteiger partial charge in [0.15, 0.2) is 0 Å². The van der Waals surface area contributed by atoms with Crippen LogP contribution in [0, 0.1) is 0 Å². The second-order valence-electron chi connectivity index (χ2n) is 3.46. The SMILES string of the molecule is CC(=O)N1CC=CCC1CCCN. The molecular weight excluding hydrogens is 164 g/mol. The normalized spacial score (nSPS) is 22.0. The summed E-state index contributed by atoms with van der Waals surface area (Å²) in [5, 5.41) is 0. The third-order valence-corrected chi connectivity index (χ3v) is 2.46. The molecule has 0 aliphatic carbocycles. The minimum Gasteiger partial charge on any atom is -0.336 e. The molecule has 0 aromatic carbocycles. The van der Waals surface area contributed by atoms with E-state index in [9.17, 15) is 4.79 Å². The number of carbonyl (C=O) groups excluding carboxylic acids is 1. The number of nitrogens with two attached hydrogens (primary N) is 1. The van der Waals surface area contributed by atoms with E-state index < -0.39 is 0 Å². The van der Waals surface area contributed by atoms with Gasteiger partial charge in [-0.05, 0) is 25.8 Å². The van der Waals surface area contributed by atoms with Gasteiger partial charge in [0, 0.05) is 19.5 Å². The zero-order valence-electron chi connectivity index (χ0n) is 8.20. The molecule has 1 aliphatic heterocycles. The molecule has 1 rings (SSSR count). The van der Waals surface area contributed by atoms with Crippen LogP contribution in [0.25, 0.3) is 0 Å². The Morgan fingerprint density at radius 3 is 3.00 bits per heavy atom. The molecule has 1 amide bonds. The first kappa shape index (κ1) is 10.3. The van der Waals surface area contributed by atoms with E-state index in [-0.39, 0.29) is 5.91 Å². The third-order valence-electron chi connectivity index (χ3n) is 2.46. The van der Waals surface area contributed by atoms with Crippen LogP contribution in [0.4, 0.5) is 0 Å². The first-order valence-corrected chi connectivity index (χ1v) is 4.88. The van der Waals surface area contributed by atoms with Gasteiger partial charge < -0.3 is 10.6 Å². The van der Waals surface area contributed by atoms with Crippen LogP contribution in [-0.2, 0) is 4.79 Å². The van der Waals surface area contributed by atoms with Crippen molar-refractivity contribution in [3.8, 4) is 0 Å². The van der Waals surface area contributed by atoms with E-state index in [2.05, 4.69) is 12.2 Å². The van der Waals surface area contributed by atoms with Gasteiger partial charge in [-0.3, -0.25) is 4.79 Å². The summed E-state index contributed by atoms with van der Waals surface area (Å²) in [4.78, 5) is 13.2. The Bertz CT molecular complexity index is 201. The van der Waals surface area contributed by atoms with Crippen LogP contribution >= 0.6 is 0 Å². The van der Waals surface area contributed by atoms with Crippen LogP contribution in [0.2, 0.25) is 0 Å². The predicted molar refractivity (Wildman–Crippen MR) is 53.2 cm³/mol. The number of hydrogen-bond donors (Lipinski definition) is 1. The molecule has 74 valence electrons. The van der Waals surface area contributed by atoms with Crippen molar-refractivity contribution in [1.29, 1.82) is 0 Å². The summed E-state index contributed by atoms with van der Waals surface area (Å²) in [6.07, 6.45) is 7.23. The van der Waals surface area contributed by atoms with Gasteiger partial charge >= 0.3 is 0 Å². The minimum atomic E-state index is 0.173. The first-order chi connectivity index (χ1) is 6.25. The second kappa shape index (κ2) is 5.02. The van der Waals surface area contributed by atoms with Gasteiger partial charge in [0.05, 0.1) is 0 Å². The smallest absolute Gasteiger partial charge is 0.219 e. The zero-order chi connectivity index (χ0) is 9.68. The molecule has 0 radical (unpaired) electrons. The molecule has 1 unspecified atom stereocenters. The lowest BCUT2D eigenvalue weighted by atomic mass is 10.0. The molecule has 0 aromatic rings. The first-order valence-electron chi connectivity index (χ1n) is 4.88. The number of rotatable bonds is 3. The van der Waals surface area contributed by atoms with Crippen molar-refractivity contribution in [2.45, 2.75) is 32.2 Å². The fraction of sp³-hybridized carbons (Fsp3) is 0.700. The maximum atomic E-state index is 11.2. The monoisotopic (exact) mass is 182 g/mol. The molecule has 1 heterocycles. The average molecular weight is 182 g/mol. The van der Waals surface area contributed by atoms with E-state index >= 15 is 0 Å². The van der Waals surface area contributed by atoms with Gasteiger partial charge in [0.1, 0.15) is 0 Å². The van der Waals surface area contributed by atoms with Crippen molar-refractivity contribution in [1.82, 2.24) is 4.90 Å². The van der Waals surface area contributed by atoms with E-state index in [0.29, 0.717) is 12.6 Å². The second-order valence-corrected chi connectivity index (χ2v) is 3.46. The number of amides is 1. The quantitative estimate of drug-likeness (QED) is 0.659. The highest BCUT2D eigenvalue weighted by atomic mass is 16.2. The largest absolute Gasteiger partial charge is 0.336 e. The molecule has 0 aromatic heterocycles. The standard InChI is InChI=1S/C10H18N2O/c1-9(13)12-8-3-2-5-10(12)6-4-7-11/h2-3,10H,4-8,11H2,1H3. The van der Waals surface area contributed by atoms with Crippen LogP contribution in [0.15, 0.2) is 12.2 Å². The molecule has 0 bridgehead atoms. The maximum absolute atomic E-state index is 11.2. The van der Waals surface area contributed by atoms with Crippen LogP contribution in [-0.4, -0.2) is 29.9 Å². The van der Waals surface area contributed by atoms with Crippen molar-refractivity contribution < 1.29 is 4.79 Å². The van der Waals surface area contributed by atoms with E-state index in [0.717, 1.165) is 25.8 Å². The molecule has 0 fully saturated rings. The van der Waals surface area contributed by atoms with Crippen molar-refractivity contribution in [2.24, 2.45) is 5.73 Å². The van der Waals surface area contributed by atoms with Crippen LogP contribution in [0.5, 0.6) is 0 Å². The summed E-state index contributed by atoms with van der Waals surface area (Å²) in [7, 11) is 0. The highest BCUT2D eigenvalue weighted by molar-refractivity contribution is 5.74. The van der Waals surface area contributed by atoms with E-state index in [1.165, 1.54) is 0 Å². The number of nitrogens with zero attached hydrogens (tertiary/aromatic N) is 1. The molecule has 0 saturated carbocycles. The van der Waals surface area contributed by atoms with Gasteiger partial charge in [0.2, 0.25) is 5.91 Å². The Hall–Kier alpha value is -0.830. The Balaban J connectivity index is 2.48. The molecule has 2 N–H and O–H groups in total. The number of carbonyl (C=O) groups is 1. The molecule has 3 heteroatoms. The average Bonchev–Trinajstić information content (AvgIpc) is 2.15. The Kier molecular flexibility index (Phi) is 3.96. The number of hydrogen-bond acceptors (Lipinski definition) is 2. The van der Waals surface area contributed by atoms with Crippen LogP contribution < -0.4 is 5.73 Å². The highest BCUT2D eigenvalue weighted by Crippen LogP contribution is 2.15. The molecule has 0 spiro atoms. The molecular formula is C10H18N2O. The van der Waals surface area contributed by atoms with Crippen LogP contribution in [0.3, 0.4) is 0 Å². The lowest BCUT2D eigenvalue weighted by Crippen LogP contribution is -2.40. The zero-order valence-corrected chi connectivity index (χ0v) is 8.20. The Morgan fingerprint density at radius 2 is 2.38 bits per heavy atom. The Labute approximate surface area is 79.6 Å². The highest BCUT2D eigenvalue weighted by Gasteiger charge is 2.20. The topological polar surface area (TPSA) is 46.3 Å². The predicted octanol–water partition coefficient (Wildman–Crippen LogP) is 0.902. The molecule has 0 saturated heterocycles. The van der Waals surface area contributed by atoms with Crippen molar-refractivity contribution >= 4 is 5.91 Å². The maximum Gasteiger partial charge on any atom is 0.219 e. The van der Waals surface area contributed by atoms with E-state index in [1.807, 2.05) is 4.90 Å². The summed E-state index contributed by atoms with van der Waals surface area (Å²) in [6.45, 7) is 3.12. The van der Waals surface area contributed by atoms with Gasteiger partial charge in [-0.25, -0.2) is 0 Å². The summed E-state index contributed by atoms with van der Waals surface area (Å²) in [6, 6.07) is 0.381. The summed E-state index contributed by atoms with van der Waals surface area (Å²) in [5.74, 6) is 0.173.